The molecule has 0 heterocycles. The van der Waals surface area contributed by atoms with Crippen LogP contribution in [-0.2, 0) is 14.3 Å². The lowest BCUT2D eigenvalue weighted by Gasteiger charge is -2.63. The zero-order valence-corrected chi connectivity index (χ0v) is 16.2. The van der Waals surface area contributed by atoms with E-state index in [1.165, 1.54) is 64.6 Å². The lowest BCUT2D eigenvalue weighted by molar-refractivity contribution is -0.157. The van der Waals surface area contributed by atoms with Crippen LogP contribution in [-0.4, -0.2) is 18.9 Å². The van der Waals surface area contributed by atoms with Gasteiger partial charge in [-0.1, -0.05) is 20.3 Å². The lowest BCUT2D eigenvalue weighted by Crippen LogP contribution is -2.56. The number of ether oxygens (including phenoxy) is 1. The molecule has 1 spiro atoms. The van der Waals surface area contributed by atoms with Crippen molar-refractivity contribution in [1.82, 2.24) is 0 Å². The van der Waals surface area contributed by atoms with E-state index in [2.05, 4.69) is 13.8 Å². The summed E-state index contributed by atoms with van der Waals surface area (Å²) < 4.78 is 5.41. The third kappa shape index (κ3) is 2.51. The summed E-state index contributed by atoms with van der Waals surface area (Å²) in [6.07, 6.45) is 12.6. The molecule has 4 saturated carbocycles. The van der Waals surface area contributed by atoms with Crippen LogP contribution in [0.25, 0.3) is 0 Å². The molecule has 0 N–H and O–H groups in total. The van der Waals surface area contributed by atoms with Crippen molar-refractivity contribution in [2.75, 3.05) is 6.61 Å². The summed E-state index contributed by atoms with van der Waals surface area (Å²) in [6, 6.07) is 0. The van der Waals surface area contributed by atoms with Crippen LogP contribution < -0.4 is 0 Å². The Bertz CT molecular complexity index is 572. The minimum absolute atomic E-state index is 0.110. The monoisotopic (exact) mass is 346 g/mol. The van der Waals surface area contributed by atoms with E-state index in [1.54, 1.807) is 0 Å². The highest BCUT2D eigenvalue weighted by Gasteiger charge is 2.64. The summed E-state index contributed by atoms with van der Waals surface area (Å²) in [5, 5.41) is 0. The fourth-order valence-corrected chi connectivity index (χ4v) is 8.20. The van der Waals surface area contributed by atoms with Crippen LogP contribution in [0, 0.1) is 39.9 Å². The molecular formula is C22H34O3. The van der Waals surface area contributed by atoms with Gasteiger partial charge in [0, 0.05) is 12.3 Å². The number of fused-ring (bicyclic) bond motifs is 3. The first-order valence-electron chi connectivity index (χ1n) is 10.4. The first kappa shape index (κ1) is 17.5. The number of carbonyl (C=O) groups is 2. The molecule has 0 aromatic carbocycles. The number of hydrogen-bond donors (Lipinski definition) is 0. The average Bonchev–Trinajstić information content (AvgIpc) is 2.83. The molecule has 0 unspecified atom stereocenters. The molecular weight excluding hydrogens is 312 g/mol. The molecule has 7 atom stereocenters. The minimum atomic E-state index is -0.139. The Kier molecular flexibility index (Phi) is 4.09. The quantitative estimate of drug-likeness (QED) is 0.546. The second kappa shape index (κ2) is 5.82. The molecule has 0 aliphatic heterocycles. The maximum Gasteiger partial charge on any atom is 0.302 e. The molecule has 4 aliphatic carbocycles. The van der Waals surface area contributed by atoms with Crippen LogP contribution in [0.1, 0.15) is 78.6 Å². The minimum Gasteiger partial charge on any atom is -0.466 e. The number of rotatable bonds is 3. The Morgan fingerprint density at radius 2 is 1.88 bits per heavy atom. The first-order chi connectivity index (χ1) is 11.8. The van der Waals surface area contributed by atoms with Crippen molar-refractivity contribution in [2.24, 2.45) is 39.9 Å². The van der Waals surface area contributed by atoms with Crippen LogP contribution in [0.3, 0.4) is 0 Å². The maximum absolute atomic E-state index is 11.9. The molecule has 140 valence electrons. The van der Waals surface area contributed by atoms with E-state index in [-0.39, 0.29) is 11.4 Å². The topological polar surface area (TPSA) is 43.4 Å². The number of aldehydes is 1. The number of hydrogen-bond acceptors (Lipinski definition) is 3. The van der Waals surface area contributed by atoms with E-state index in [0.717, 1.165) is 18.3 Å². The fraction of sp³-hybridized carbons (Fsp3) is 0.909. The van der Waals surface area contributed by atoms with Gasteiger partial charge in [0.2, 0.25) is 0 Å². The van der Waals surface area contributed by atoms with Crippen LogP contribution in [0.2, 0.25) is 0 Å². The Hall–Kier alpha value is -0.860. The Labute approximate surface area is 152 Å². The normalized spacial score (nSPS) is 51.3. The van der Waals surface area contributed by atoms with E-state index < -0.39 is 0 Å². The lowest BCUT2D eigenvalue weighted by atomic mass is 9.41. The molecule has 0 saturated heterocycles. The molecule has 0 amide bonds. The summed E-state index contributed by atoms with van der Waals surface area (Å²) in [4.78, 5) is 23.2. The van der Waals surface area contributed by atoms with Crippen molar-refractivity contribution in [3.63, 3.8) is 0 Å². The van der Waals surface area contributed by atoms with Gasteiger partial charge in [0.15, 0.2) is 0 Å². The van der Waals surface area contributed by atoms with Crippen molar-refractivity contribution in [3.8, 4) is 0 Å². The predicted octanol–water partition coefficient (Wildman–Crippen LogP) is 4.78. The first-order valence-corrected chi connectivity index (χ1v) is 10.4. The highest BCUT2D eigenvalue weighted by atomic mass is 16.5. The smallest absolute Gasteiger partial charge is 0.302 e. The van der Waals surface area contributed by atoms with Gasteiger partial charge in [-0.25, -0.2) is 0 Å². The fourth-order valence-electron chi connectivity index (χ4n) is 8.20. The number of esters is 1. The van der Waals surface area contributed by atoms with E-state index >= 15 is 0 Å². The highest BCUT2D eigenvalue weighted by molar-refractivity contribution is 5.65. The second-order valence-corrected chi connectivity index (χ2v) is 10.3. The van der Waals surface area contributed by atoms with Gasteiger partial charge >= 0.3 is 5.97 Å². The molecule has 0 aromatic heterocycles. The van der Waals surface area contributed by atoms with E-state index in [4.69, 9.17) is 4.74 Å². The Balaban J connectivity index is 1.60. The van der Waals surface area contributed by atoms with Gasteiger partial charge in [-0.15, -0.1) is 0 Å². The second-order valence-electron chi connectivity index (χ2n) is 10.3. The summed E-state index contributed by atoms with van der Waals surface area (Å²) in [6.45, 7) is 6.89. The van der Waals surface area contributed by atoms with E-state index in [9.17, 15) is 9.59 Å². The summed E-state index contributed by atoms with van der Waals surface area (Å²) in [7, 11) is 0. The van der Waals surface area contributed by atoms with Gasteiger partial charge in [-0.3, -0.25) is 4.79 Å². The molecule has 0 radical (unpaired) electrons. The van der Waals surface area contributed by atoms with Crippen LogP contribution in [0.4, 0.5) is 0 Å². The van der Waals surface area contributed by atoms with Crippen LogP contribution >= 0.6 is 0 Å². The summed E-state index contributed by atoms with van der Waals surface area (Å²) in [5.74, 6) is 2.50. The van der Waals surface area contributed by atoms with Gasteiger partial charge in [0.05, 0.1) is 6.61 Å². The van der Waals surface area contributed by atoms with E-state index in [1.807, 2.05) is 0 Å². The molecule has 25 heavy (non-hydrogen) atoms. The average molecular weight is 347 g/mol. The maximum atomic E-state index is 11.9. The predicted molar refractivity (Wildman–Crippen MR) is 96.9 cm³/mol. The molecule has 2 bridgehead atoms. The largest absolute Gasteiger partial charge is 0.466 e. The standard InChI is InChI=1S/C22H34O3/c1-15(24)25-13-17-12-22-10-7-18-20(2,14-23)8-4-9-21(18,3)19(22)6-5-16(17)11-22/h14,16-19H,4-13H2,1-3H3/t16-,17-,18-,19+,20+,21-,22+/m1/s1. The van der Waals surface area contributed by atoms with Crippen LogP contribution in [0.5, 0.6) is 0 Å². The molecule has 4 aliphatic rings. The number of carbonyl (C=O) groups excluding carboxylic acids is 2. The van der Waals surface area contributed by atoms with Crippen molar-refractivity contribution in [1.29, 1.82) is 0 Å². The Morgan fingerprint density at radius 1 is 1.08 bits per heavy atom. The summed E-state index contributed by atoms with van der Waals surface area (Å²) in [5.41, 5.74) is 0.675. The van der Waals surface area contributed by atoms with Gasteiger partial charge in [0.25, 0.3) is 0 Å². The molecule has 3 heteroatoms. The molecule has 4 fully saturated rings. The molecule has 3 nitrogen and oxygen atoms in total. The van der Waals surface area contributed by atoms with Crippen molar-refractivity contribution in [2.45, 2.75) is 78.6 Å². The highest BCUT2D eigenvalue weighted by Crippen LogP contribution is 2.72. The van der Waals surface area contributed by atoms with Gasteiger partial charge < -0.3 is 9.53 Å². The van der Waals surface area contributed by atoms with Crippen LogP contribution in [0.15, 0.2) is 0 Å². The Morgan fingerprint density at radius 3 is 2.60 bits per heavy atom. The van der Waals surface area contributed by atoms with Gasteiger partial charge in [-0.05, 0) is 85.9 Å². The molecule has 0 aromatic rings. The van der Waals surface area contributed by atoms with Crippen molar-refractivity contribution >= 4 is 12.3 Å². The zero-order chi connectivity index (χ0) is 17.9. The zero-order valence-electron chi connectivity index (χ0n) is 16.2. The van der Waals surface area contributed by atoms with Crippen molar-refractivity contribution in [3.05, 3.63) is 0 Å². The SMILES string of the molecule is CC(=O)OC[C@H]1C[C@@]23CC[C@H]4[C@@](C)(CCC[C@@]4(C)C=O)[C@@H]2CC[C@@H]1C3. The third-order valence-electron chi connectivity index (χ3n) is 9.09. The molecule has 4 rings (SSSR count). The van der Waals surface area contributed by atoms with Crippen molar-refractivity contribution < 1.29 is 14.3 Å². The summed E-state index contributed by atoms with van der Waals surface area (Å²) >= 11 is 0. The van der Waals surface area contributed by atoms with Gasteiger partial charge in [-0.2, -0.15) is 0 Å². The third-order valence-corrected chi connectivity index (χ3v) is 9.09. The van der Waals surface area contributed by atoms with E-state index in [0.29, 0.717) is 29.3 Å². The van der Waals surface area contributed by atoms with Gasteiger partial charge in [0.1, 0.15) is 6.29 Å².